The number of aromatic hydroxyl groups is 1. The fraction of sp³-hybridized carbons (Fsp3) is 0.227. The summed E-state index contributed by atoms with van der Waals surface area (Å²) in [6, 6.07) is 13.2. The fourth-order valence-electron chi connectivity index (χ4n) is 3.07. The van der Waals surface area contributed by atoms with E-state index in [0.717, 1.165) is 35.2 Å². The molecule has 0 aliphatic carbocycles. The summed E-state index contributed by atoms with van der Waals surface area (Å²) in [4.78, 5) is 4.48. The van der Waals surface area contributed by atoms with E-state index in [1.54, 1.807) is 12.3 Å². The van der Waals surface area contributed by atoms with Crippen molar-refractivity contribution in [3.05, 3.63) is 83.7 Å². The van der Waals surface area contributed by atoms with Crippen LogP contribution in [0.1, 0.15) is 31.0 Å². The summed E-state index contributed by atoms with van der Waals surface area (Å²) in [5.41, 5.74) is 5.06. The number of ether oxygens (including phenoxy) is 1. The first kappa shape index (κ1) is 17.2. The molecule has 1 unspecified atom stereocenters. The van der Waals surface area contributed by atoms with Gasteiger partial charge >= 0.3 is 0 Å². The zero-order valence-corrected chi connectivity index (χ0v) is 14.5. The summed E-state index contributed by atoms with van der Waals surface area (Å²) < 4.78 is 5.84. The molecule has 0 bridgehead atoms. The van der Waals surface area contributed by atoms with E-state index in [0.29, 0.717) is 6.61 Å². The summed E-state index contributed by atoms with van der Waals surface area (Å²) in [7, 11) is 0. The molecule has 1 aliphatic heterocycles. The number of rotatable bonds is 6. The minimum Gasteiger partial charge on any atom is -0.507 e. The van der Waals surface area contributed by atoms with E-state index in [4.69, 9.17) is 4.74 Å². The van der Waals surface area contributed by atoms with E-state index in [-0.39, 0.29) is 11.9 Å². The van der Waals surface area contributed by atoms with Gasteiger partial charge in [-0.2, -0.15) is 0 Å². The average Bonchev–Trinajstić information content (AvgIpc) is 3.10. The standard InChI is InChI=1S/C22H23NO2/c1-16(2)19-12-14-25-22(19)11-10-17(20-8-5-6-13-23-20)15-18-7-3-4-9-21(18)24/h3-9,12-13,15,22,24H,1,10-11,14H2,2H3/b17-15-. The van der Waals surface area contributed by atoms with Crippen molar-refractivity contribution in [3.8, 4) is 5.75 Å². The molecule has 25 heavy (non-hydrogen) atoms. The third-order valence-corrected chi connectivity index (χ3v) is 4.38. The van der Waals surface area contributed by atoms with Gasteiger partial charge in [0.2, 0.25) is 0 Å². The van der Waals surface area contributed by atoms with Crippen LogP contribution in [0, 0.1) is 0 Å². The van der Waals surface area contributed by atoms with E-state index in [1.165, 1.54) is 5.57 Å². The zero-order chi connectivity index (χ0) is 17.6. The van der Waals surface area contributed by atoms with Crippen LogP contribution in [0.25, 0.3) is 11.6 Å². The highest BCUT2D eigenvalue weighted by Crippen LogP contribution is 2.30. The molecule has 1 aromatic heterocycles. The van der Waals surface area contributed by atoms with Crippen LogP contribution in [0.2, 0.25) is 0 Å². The number of benzene rings is 1. The molecule has 2 heterocycles. The minimum atomic E-state index is 0.0778. The van der Waals surface area contributed by atoms with Crippen LogP contribution >= 0.6 is 0 Å². The second-order valence-corrected chi connectivity index (χ2v) is 6.24. The van der Waals surface area contributed by atoms with Crippen molar-refractivity contribution < 1.29 is 9.84 Å². The molecule has 1 aliphatic rings. The minimum absolute atomic E-state index is 0.0778. The van der Waals surface area contributed by atoms with E-state index in [2.05, 4.69) is 17.6 Å². The quantitative estimate of drug-likeness (QED) is 0.808. The van der Waals surface area contributed by atoms with Crippen molar-refractivity contribution in [2.24, 2.45) is 0 Å². The second-order valence-electron chi connectivity index (χ2n) is 6.24. The third-order valence-electron chi connectivity index (χ3n) is 4.38. The Bertz CT molecular complexity index is 806. The Hall–Kier alpha value is -2.65. The number of phenolic OH excluding ortho intramolecular Hbond substituents is 1. The van der Waals surface area contributed by atoms with Crippen LogP contribution in [0.4, 0.5) is 0 Å². The average molecular weight is 333 g/mol. The molecule has 3 heteroatoms. The van der Waals surface area contributed by atoms with Gasteiger partial charge < -0.3 is 9.84 Å². The highest BCUT2D eigenvalue weighted by molar-refractivity contribution is 5.81. The Morgan fingerprint density at radius 3 is 2.80 bits per heavy atom. The number of hydrogen-bond donors (Lipinski definition) is 1. The molecule has 0 saturated carbocycles. The van der Waals surface area contributed by atoms with Crippen molar-refractivity contribution in [1.82, 2.24) is 4.98 Å². The number of para-hydroxylation sites is 1. The molecule has 1 aromatic carbocycles. The molecule has 1 atom stereocenters. The van der Waals surface area contributed by atoms with Gasteiger partial charge in [0.25, 0.3) is 0 Å². The maximum Gasteiger partial charge on any atom is 0.122 e. The van der Waals surface area contributed by atoms with Gasteiger partial charge in [0.1, 0.15) is 5.75 Å². The second kappa shape index (κ2) is 7.95. The van der Waals surface area contributed by atoms with Crippen molar-refractivity contribution in [2.75, 3.05) is 6.61 Å². The van der Waals surface area contributed by atoms with Crippen LogP contribution in [-0.2, 0) is 4.74 Å². The predicted octanol–water partition coefficient (Wildman–Crippen LogP) is 5.01. The summed E-state index contributed by atoms with van der Waals surface area (Å²) in [6.07, 6.45) is 7.65. The van der Waals surface area contributed by atoms with Crippen LogP contribution < -0.4 is 0 Å². The molecule has 0 radical (unpaired) electrons. The molecule has 0 fully saturated rings. The van der Waals surface area contributed by atoms with Gasteiger partial charge in [0, 0.05) is 11.8 Å². The molecular weight excluding hydrogens is 310 g/mol. The van der Waals surface area contributed by atoms with Gasteiger partial charge in [0.05, 0.1) is 18.4 Å². The van der Waals surface area contributed by atoms with E-state index in [9.17, 15) is 5.11 Å². The number of nitrogens with zero attached hydrogens (tertiary/aromatic N) is 1. The number of aromatic nitrogens is 1. The molecular formula is C22H23NO2. The SMILES string of the molecule is C=C(C)C1=CCOC1CC/C(=C/c1ccccc1O)c1ccccn1. The van der Waals surface area contributed by atoms with Crippen LogP contribution in [0.3, 0.4) is 0 Å². The zero-order valence-electron chi connectivity index (χ0n) is 14.5. The summed E-state index contributed by atoms with van der Waals surface area (Å²) >= 11 is 0. The lowest BCUT2D eigenvalue weighted by molar-refractivity contribution is 0.117. The van der Waals surface area contributed by atoms with Gasteiger partial charge in [-0.25, -0.2) is 0 Å². The van der Waals surface area contributed by atoms with Crippen molar-refractivity contribution in [2.45, 2.75) is 25.9 Å². The number of pyridine rings is 1. The summed E-state index contributed by atoms with van der Waals surface area (Å²) in [6.45, 7) is 6.71. The lowest BCUT2D eigenvalue weighted by atomic mass is 9.95. The topological polar surface area (TPSA) is 42.4 Å². The maximum absolute atomic E-state index is 10.1. The first-order chi connectivity index (χ1) is 12.1. The van der Waals surface area contributed by atoms with Crippen molar-refractivity contribution in [3.63, 3.8) is 0 Å². The van der Waals surface area contributed by atoms with Gasteiger partial charge in [0.15, 0.2) is 0 Å². The summed E-state index contributed by atoms with van der Waals surface area (Å²) in [5.74, 6) is 0.274. The van der Waals surface area contributed by atoms with E-state index < -0.39 is 0 Å². The van der Waals surface area contributed by atoms with Crippen LogP contribution in [0.5, 0.6) is 5.75 Å². The molecule has 2 aromatic rings. The van der Waals surface area contributed by atoms with Gasteiger partial charge in [-0.3, -0.25) is 4.98 Å². The normalized spacial score (nSPS) is 17.4. The Kier molecular flexibility index (Phi) is 5.46. The largest absolute Gasteiger partial charge is 0.507 e. The van der Waals surface area contributed by atoms with Crippen LogP contribution in [-0.4, -0.2) is 22.8 Å². The Labute approximate surface area is 149 Å². The first-order valence-corrected chi connectivity index (χ1v) is 8.52. The predicted molar refractivity (Wildman–Crippen MR) is 102 cm³/mol. The number of hydrogen-bond acceptors (Lipinski definition) is 3. The van der Waals surface area contributed by atoms with E-state index >= 15 is 0 Å². The van der Waals surface area contributed by atoms with Gasteiger partial charge in [-0.15, -0.1) is 0 Å². The van der Waals surface area contributed by atoms with Crippen molar-refractivity contribution >= 4 is 11.6 Å². The molecule has 0 spiro atoms. The lowest BCUT2D eigenvalue weighted by Crippen LogP contribution is -2.11. The molecule has 0 amide bonds. The Morgan fingerprint density at radius 1 is 1.28 bits per heavy atom. The summed E-state index contributed by atoms with van der Waals surface area (Å²) in [5, 5.41) is 10.1. The Balaban J connectivity index is 1.84. The number of phenols is 1. The lowest BCUT2D eigenvalue weighted by Gasteiger charge is -2.16. The first-order valence-electron chi connectivity index (χ1n) is 8.52. The molecule has 3 rings (SSSR count). The van der Waals surface area contributed by atoms with Crippen LogP contribution in [0.15, 0.2) is 72.5 Å². The van der Waals surface area contributed by atoms with Crippen molar-refractivity contribution in [1.29, 1.82) is 0 Å². The number of allylic oxidation sites excluding steroid dienone is 1. The highest BCUT2D eigenvalue weighted by Gasteiger charge is 2.21. The van der Waals surface area contributed by atoms with E-state index in [1.807, 2.05) is 49.4 Å². The molecule has 3 nitrogen and oxygen atoms in total. The third kappa shape index (κ3) is 4.25. The highest BCUT2D eigenvalue weighted by atomic mass is 16.5. The monoisotopic (exact) mass is 333 g/mol. The molecule has 1 N–H and O–H groups in total. The fourth-order valence-corrected chi connectivity index (χ4v) is 3.07. The van der Waals surface area contributed by atoms with Gasteiger partial charge in [-0.1, -0.05) is 42.5 Å². The molecule has 0 saturated heterocycles. The van der Waals surface area contributed by atoms with Gasteiger partial charge in [-0.05, 0) is 55.2 Å². The smallest absolute Gasteiger partial charge is 0.122 e. The Morgan fingerprint density at radius 2 is 2.08 bits per heavy atom. The molecule has 128 valence electrons. The maximum atomic E-state index is 10.1.